The summed E-state index contributed by atoms with van der Waals surface area (Å²) < 4.78 is 6.71. The molecule has 0 spiro atoms. The molecule has 0 aliphatic carbocycles. The van der Waals surface area contributed by atoms with Crippen LogP contribution in [-0.2, 0) is 0 Å². The molecule has 2 rings (SSSR count). The second kappa shape index (κ2) is 4.49. The molecule has 18 heavy (non-hydrogen) atoms. The number of hydrogen-bond acceptors (Lipinski definition) is 3. The van der Waals surface area contributed by atoms with Crippen molar-refractivity contribution < 1.29 is 14.4 Å². The zero-order valence-corrected chi connectivity index (χ0v) is 11.0. The fraction of sp³-hybridized carbons (Fsp3) is 0.333. The molecule has 0 fully saturated rings. The van der Waals surface area contributed by atoms with Crippen LogP contribution in [0.4, 0.5) is 0 Å². The largest absolute Gasteiger partial charge is 0.477 e. The van der Waals surface area contributed by atoms with E-state index < -0.39 is 5.97 Å². The molecule has 0 saturated heterocycles. The van der Waals surface area contributed by atoms with Crippen molar-refractivity contribution in [2.75, 3.05) is 0 Å². The Morgan fingerprint density at radius 3 is 2.72 bits per heavy atom. The number of aryl methyl sites for hydroxylation is 2. The fourth-order valence-electron chi connectivity index (χ4n) is 2.16. The molecule has 0 aliphatic heterocycles. The molecule has 5 nitrogen and oxygen atoms in total. The van der Waals surface area contributed by atoms with E-state index in [1.54, 1.807) is 17.7 Å². The molecule has 1 N–H and O–H groups in total. The van der Waals surface area contributed by atoms with E-state index in [0.29, 0.717) is 10.8 Å². The Bertz CT molecular complexity index is 581. The molecule has 2 heterocycles. The van der Waals surface area contributed by atoms with Crippen LogP contribution in [0.3, 0.4) is 0 Å². The van der Waals surface area contributed by atoms with Crippen LogP contribution < -0.4 is 0 Å². The van der Waals surface area contributed by atoms with Crippen LogP contribution >= 0.6 is 11.6 Å². The van der Waals surface area contributed by atoms with Crippen molar-refractivity contribution in [3.63, 3.8) is 0 Å². The van der Waals surface area contributed by atoms with Crippen LogP contribution in [0.2, 0.25) is 5.02 Å². The Kier molecular flexibility index (Phi) is 3.17. The van der Waals surface area contributed by atoms with Gasteiger partial charge in [0.2, 0.25) is 0 Å². The zero-order valence-electron chi connectivity index (χ0n) is 10.3. The molecule has 0 aliphatic rings. The number of aromatic nitrogens is 2. The summed E-state index contributed by atoms with van der Waals surface area (Å²) in [7, 11) is 0. The average Bonchev–Trinajstić information content (AvgIpc) is 2.82. The van der Waals surface area contributed by atoms with Gasteiger partial charge < -0.3 is 14.2 Å². The maximum absolute atomic E-state index is 11.2. The summed E-state index contributed by atoms with van der Waals surface area (Å²) >= 11 is 5.87. The first kappa shape index (κ1) is 12.7. The van der Waals surface area contributed by atoms with Gasteiger partial charge in [-0.15, -0.1) is 0 Å². The molecule has 0 bridgehead atoms. The molecule has 1 atom stereocenters. The average molecular weight is 269 g/mol. The minimum atomic E-state index is -1.01. The number of carbonyl (C=O) groups is 1. The molecule has 96 valence electrons. The van der Waals surface area contributed by atoms with E-state index in [1.165, 1.54) is 6.07 Å². The highest BCUT2D eigenvalue weighted by Crippen LogP contribution is 2.28. The van der Waals surface area contributed by atoms with E-state index >= 15 is 0 Å². The highest BCUT2D eigenvalue weighted by Gasteiger charge is 2.22. The summed E-state index contributed by atoms with van der Waals surface area (Å²) in [5.74, 6) is -0.332. The van der Waals surface area contributed by atoms with Gasteiger partial charge in [-0.2, -0.15) is 0 Å². The molecule has 0 amide bonds. The lowest BCUT2D eigenvalue weighted by Crippen LogP contribution is -2.14. The van der Waals surface area contributed by atoms with E-state index in [4.69, 9.17) is 21.2 Å². The molecular weight excluding hydrogens is 256 g/mol. The van der Waals surface area contributed by atoms with Gasteiger partial charge in [0.1, 0.15) is 11.5 Å². The van der Waals surface area contributed by atoms with Gasteiger partial charge in [0.15, 0.2) is 0 Å². The molecule has 2 aromatic heterocycles. The third-order valence-electron chi connectivity index (χ3n) is 2.96. The first-order valence-corrected chi connectivity index (χ1v) is 5.83. The first-order valence-electron chi connectivity index (χ1n) is 5.45. The van der Waals surface area contributed by atoms with Gasteiger partial charge in [-0.1, -0.05) is 16.8 Å². The zero-order chi connectivity index (χ0) is 13.4. The normalized spacial score (nSPS) is 12.7. The van der Waals surface area contributed by atoms with E-state index in [0.717, 1.165) is 11.3 Å². The molecule has 0 aromatic carbocycles. The third kappa shape index (κ3) is 2.01. The van der Waals surface area contributed by atoms with Gasteiger partial charge in [-0.05, 0) is 26.8 Å². The summed E-state index contributed by atoms with van der Waals surface area (Å²) in [5, 5.41) is 13.4. The Balaban J connectivity index is 2.52. The summed E-state index contributed by atoms with van der Waals surface area (Å²) in [6.45, 7) is 5.51. The molecule has 0 radical (unpaired) electrons. The van der Waals surface area contributed by atoms with Crippen molar-refractivity contribution in [1.82, 2.24) is 9.72 Å². The highest BCUT2D eigenvalue weighted by molar-refractivity contribution is 6.30. The van der Waals surface area contributed by atoms with Gasteiger partial charge >= 0.3 is 5.97 Å². The second-order valence-electron chi connectivity index (χ2n) is 4.17. The number of carboxylic acids is 1. The molecule has 6 heteroatoms. The van der Waals surface area contributed by atoms with Gasteiger partial charge in [-0.25, -0.2) is 4.79 Å². The second-order valence-corrected chi connectivity index (χ2v) is 4.61. The molecule has 1 unspecified atom stereocenters. The fourth-order valence-corrected chi connectivity index (χ4v) is 2.37. The summed E-state index contributed by atoms with van der Waals surface area (Å²) in [4.78, 5) is 11.2. The predicted octanol–water partition coefficient (Wildman–Crippen LogP) is 3.05. The van der Waals surface area contributed by atoms with Crippen molar-refractivity contribution in [1.29, 1.82) is 0 Å². The van der Waals surface area contributed by atoms with E-state index in [2.05, 4.69) is 5.16 Å². The van der Waals surface area contributed by atoms with Gasteiger partial charge in [0.05, 0.1) is 16.8 Å². The van der Waals surface area contributed by atoms with Crippen molar-refractivity contribution >= 4 is 17.6 Å². The monoisotopic (exact) mass is 268 g/mol. The van der Waals surface area contributed by atoms with Gasteiger partial charge in [-0.3, -0.25) is 0 Å². The van der Waals surface area contributed by atoms with Crippen LogP contribution in [0, 0.1) is 13.8 Å². The maximum Gasteiger partial charge on any atom is 0.352 e. The van der Waals surface area contributed by atoms with Crippen molar-refractivity contribution in [2.45, 2.75) is 26.8 Å². The van der Waals surface area contributed by atoms with Gasteiger partial charge in [0, 0.05) is 11.8 Å². The van der Waals surface area contributed by atoms with Crippen LogP contribution in [-0.4, -0.2) is 20.8 Å². The number of nitrogens with zero attached hydrogens (tertiary/aromatic N) is 2. The first-order chi connectivity index (χ1) is 8.41. The predicted molar refractivity (Wildman–Crippen MR) is 66.2 cm³/mol. The number of rotatable bonds is 3. The standard InChI is InChI=1S/C12H13ClN2O3/c1-6-11(8(3)18-14-6)7(2)15-5-9(13)4-10(15)12(16)17/h4-5,7H,1-3H3,(H,16,17). The lowest BCUT2D eigenvalue weighted by Gasteiger charge is -2.15. The Morgan fingerprint density at radius 1 is 1.56 bits per heavy atom. The number of carboxylic acid groups (broad SMARTS) is 1. The molecule has 0 saturated carbocycles. The Morgan fingerprint density at radius 2 is 2.22 bits per heavy atom. The van der Waals surface area contributed by atoms with Crippen LogP contribution in [0.1, 0.15) is 40.5 Å². The topological polar surface area (TPSA) is 68.3 Å². The quantitative estimate of drug-likeness (QED) is 0.929. The molecular formula is C12H13ClN2O3. The van der Waals surface area contributed by atoms with E-state index in [-0.39, 0.29) is 11.7 Å². The SMILES string of the molecule is Cc1noc(C)c1C(C)n1cc(Cl)cc1C(=O)O. The Hall–Kier alpha value is -1.75. The number of aromatic carboxylic acids is 1. The Labute approximate surface area is 109 Å². The van der Waals surface area contributed by atoms with Crippen LogP contribution in [0.25, 0.3) is 0 Å². The number of halogens is 1. The minimum absolute atomic E-state index is 0.146. The maximum atomic E-state index is 11.2. The van der Waals surface area contributed by atoms with E-state index in [1.807, 2.05) is 13.8 Å². The van der Waals surface area contributed by atoms with Crippen LogP contribution in [0.5, 0.6) is 0 Å². The summed E-state index contributed by atoms with van der Waals surface area (Å²) in [5.41, 5.74) is 1.78. The van der Waals surface area contributed by atoms with Crippen molar-refractivity contribution in [2.24, 2.45) is 0 Å². The lowest BCUT2D eigenvalue weighted by molar-refractivity contribution is 0.0684. The van der Waals surface area contributed by atoms with Crippen molar-refractivity contribution in [3.05, 3.63) is 40.0 Å². The lowest BCUT2D eigenvalue weighted by atomic mass is 10.1. The minimum Gasteiger partial charge on any atom is -0.477 e. The van der Waals surface area contributed by atoms with Crippen molar-refractivity contribution in [3.8, 4) is 0 Å². The summed E-state index contributed by atoms with van der Waals surface area (Å²) in [6, 6.07) is 1.23. The molecule has 2 aromatic rings. The van der Waals surface area contributed by atoms with Crippen LogP contribution in [0.15, 0.2) is 16.8 Å². The highest BCUT2D eigenvalue weighted by atomic mass is 35.5. The third-order valence-corrected chi connectivity index (χ3v) is 3.16. The van der Waals surface area contributed by atoms with E-state index in [9.17, 15) is 4.79 Å². The number of hydrogen-bond donors (Lipinski definition) is 1. The smallest absolute Gasteiger partial charge is 0.352 e. The van der Waals surface area contributed by atoms with Gasteiger partial charge in [0.25, 0.3) is 0 Å². The summed E-state index contributed by atoms with van der Waals surface area (Å²) in [6.07, 6.45) is 1.60.